The van der Waals surface area contributed by atoms with Gasteiger partial charge < -0.3 is 19.7 Å². The molecular formula is C20H24O6. The van der Waals surface area contributed by atoms with Gasteiger partial charge in [0.05, 0.1) is 26.1 Å². The SMILES string of the molecule is COC(=O)C(C)(C)c1ccccc1O.COC(=O)Cc1ccccc1O. The van der Waals surface area contributed by atoms with E-state index in [0.717, 1.165) is 0 Å². The Morgan fingerprint density at radius 3 is 1.92 bits per heavy atom. The number of para-hydroxylation sites is 2. The molecular weight excluding hydrogens is 336 g/mol. The maximum absolute atomic E-state index is 11.5. The fraction of sp³-hybridized carbons (Fsp3) is 0.300. The molecule has 0 bridgehead atoms. The number of ether oxygens (including phenoxy) is 2. The predicted molar refractivity (Wildman–Crippen MR) is 97.0 cm³/mol. The fourth-order valence-corrected chi connectivity index (χ4v) is 2.26. The topological polar surface area (TPSA) is 93.1 Å². The maximum Gasteiger partial charge on any atom is 0.315 e. The summed E-state index contributed by atoms with van der Waals surface area (Å²) < 4.78 is 9.13. The van der Waals surface area contributed by atoms with Crippen LogP contribution < -0.4 is 0 Å². The van der Waals surface area contributed by atoms with E-state index in [9.17, 15) is 19.8 Å². The number of aromatic hydroxyl groups is 2. The van der Waals surface area contributed by atoms with Crippen LogP contribution in [0.25, 0.3) is 0 Å². The molecule has 0 heterocycles. The summed E-state index contributed by atoms with van der Waals surface area (Å²) >= 11 is 0. The van der Waals surface area contributed by atoms with Crippen LogP contribution in [0.5, 0.6) is 11.5 Å². The molecule has 0 aliphatic carbocycles. The Labute approximate surface area is 153 Å². The van der Waals surface area contributed by atoms with Crippen molar-refractivity contribution in [1.29, 1.82) is 0 Å². The van der Waals surface area contributed by atoms with Crippen LogP contribution in [-0.2, 0) is 30.9 Å². The third-order valence-corrected chi connectivity index (χ3v) is 3.83. The molecule has 2 aromatic rings. The first kappa shape index (κ1) is 21.0. The van der Waals surface area contributed by atoms with E-state index in [4.69, 9.17) is 0 Å². The minimum absolute atomic E-state index is 0.114. The average molecular weight is 360 g/mol. The van der Waals surface area contributed by atoms with E-state index in [0.29, 0.717) is 11.1 Å². The van der Waals surface area contributed by atoms with Crippen LogP contribution in [0.4, 0.5) is 0 Å². The number of benzene rings is 2. The zero-order valence-electron chi connectivity index (χ0n) is 15.4. The van der Waals surface area contributed by atoms with Crippen molar-refractivity contribution in [3.8, 4) is 11.5 Å². The van der Waals surface area contributed by atoms with Gasteiger partial charge in [-0.25, -0.2) is 0 Å². The molecule has 0 aliphatic heterocycles. The highest BCUT2D eigenvalue weighted by molar-refractivity contribution is 5.83. The number of phenolic OH excluding ortho intramolecular Hbond substituents is 2. The van der Waals surface area contributed by atoms with E-state index >= 15 is 0 Å². The third kappa shape index (κ3) is 5.51. The summed E-state index contributed by atoms with van der Waals surface area (Å²) in [6.07, 6.45) is 0.114. The van der Waals surface area contributed by atoms with Crippen LogP contribution in [0.1, 0.15) is 25.0 Å². The highest BCUT2D eigenvalue weighted by Crippen LogP contribution is 2.31. The van der Waals surface area contributed by atoms with Crippen molar-refractivity contribution in [3.63, 3.8) is 0 Å². The number of methoxy groups -OCH3 is 2. The van der Waals surface area contributed by atoms with Gasteiger partial charge in [0, 0.05) is 11.1 Å². The van der Waals surface area contributed by atoms with Crippen molar-refractivity contribution in [2.45, 2.75) is 25.7 Å². The lowest BCUT2D eigenvalue weighted by atomic mass is 9.84. The molecule has 0 amide bonds. The van der Waals surface area contributed by atoms with Gasteiger partial charge in [0.1, 0.15) is 11.5 Å². The Balaban J connectivity index is 0.000000263. The molecule has 0 atom stereocenters. The second-order valence-corrected chi connectivity index (χ2v) is 6.02. The summed E-state index contributed by atoms with van der Waals surface area (Å²) in [5, 5.41) is 18.8. The first-order valence-corrected chi connectivity index (χ1v) is 7.94. The molecule has 0 fully saturated rings. The molecule has 6 heteroatoms. The van der Waals surface area contributed by atoms with E-state index in [-0.39, 0.29) is 29.9 Å². The highest BCUT2D eigenvalue weighted by atomic mass is 16.5. The van der Waals surface area contributed by atoms with Crippen molar-refractivity contribution in [2.75, 3.05) is 14.2 Å². The van der Waals surface area contributed by atoms with Gasteiger partial charge in [-0.3, -0.25) is 9.59 Å². The monoisotopic (exact) mass is 360 g/mol. The maximum atomic E-state index is 11.5. The minimum atomic E-state index is -0.819. The molecule has 0 radical (unpaired) electrons. The summed E-state index contributed by atoms with van der Waals surface area (Å²) in [7, 11) is 2.66. The quantitative estimate of drug-likeness (QED) is 0.815. The summed E-state index contributed by atoms with van der Waals surface area (Å²) in [5.41, 5.74) is 0.344. The number of carbonyl (C=O) groups excluding carboxylic acids is 2. The van der Waals surface area contributed by atoms with E-state index in [2.05, 4.69) is 9.47 Å². The van der Waals surface area contributed by atoms with Gasteiger partial charge in [-0.1, -0.05) is 36.4 Å². The molecule has 2 N–H and O–H groups in total. The molecule has 140 valence electrons. The normalized spacial score (nSPS) is 10.3. The van der Waals surface area contributed by atoms with E-state index < -0.39 is 5.41 Å². The molecule has 6 nitrogen and oxygen atoms in total. The average Bonchev–Trinajstić information content (AvgIpc) is 2.63. The van der Waals surface area contributed by atoms with Gasteiger partial charge in [-0.2, -0.15) is 0 Å². The van der Waals surface area contributed by atoms with Gasteiger partial charge in [-0.15, -0.1) is 0 Å². The summed E-state index contributed by atoms with van der Waals surface area (Å²) in [6.45, 7) is 3.43. The number of hydrogen-bond donors (Lipinski definition) is 2. The molecule has 0 unspecified atom stereocenters. The molecule has 0 saturated heterocycles. The molecule has 0 aromatic heterocycles. The van der Waals surface area contributed by atoms with Crippen molar-refractivity contribution >= 4 is 11.9 Å². The van der Waals surface area contributed by atoms with Crippen molar-refractivity contribution < 1.29 is 29.3 Å². The zero-order chi connectivity index (χ0) is 19.7. The number of rotatable bonds is 4. The van der Waals surface area contributed by atoms with Crippen molar-refractivity contribution in [1.82, 2.24) is 0 Å². The van der Waals surface area contributed by atoms with E-state index in [1.54, 1.807) is 56.3 Å². The smallest absolute Gasteiger partial charge is 0.315 e. The van der Waals surface area contributed by atoms with E-state index in [1.165, 1.54) is 20.3 Å². The van der Waals surface area contributed by atoms with Gasteiger partial charge >= 0.3 is 11.9 Å². The highest BCUT2D eigenvalue weighted by Gasteiger charge is 2.32. The van der Waals surface area contributed by atoms with Gasteiger partial charge in [0.25, 0.3) is 0 Å². The van der Waals surface area contributed by atoms with Gasteiger partial charge in [0.15, 0.2) is 0 Å². The van der Waals surface area contributed by atoms with Gasteiger partial charge in [0.2, 0.25) is 0 Å². The number of phenols is 2. The van der Waals surface area contributed by atoms with Crippen molar-refractivity contribution in [2.24, 2.45) is 0 Å². The van der Waals surface area contributed by atoms with Crippen molar-refractivity contribution in [3.05, 3.63) is 59.7 Å². The summed E-state index contributed by atoms with van der Waals surface area (Å²) in [4.78, 5) is 22.3. The molecule has 26 heavy (non-hydrogen) atoms. The zero-order valence-corrected chi connectivity index (χ0v) is 15.4. The Bertz CT molecular complexity index is 751. The Morgan fingerprint density at radius 1 is 0.885 bits per heavy atom. The molecule has 0 saturated carbocycles. The Hall–Kier alpha value is -3.02. The molecule has 2 aromatic carbocycles. The van der Waals surface area contributed by atoms with Crippen LogP contribution in [0.15, 0.2) is 48.5 Å². The largest absolute Gasteiger partial charge is 0.508 e. The fourth-order valence-electron chi connectivity index (χ4n) is 2.26. The number of esters is 2. The summed E-state index contributed by atoms with van der Waals surface area (Å²) in [6, 6.07) is 13.5. The van der Waals surface area contributed by atoms with Crippen LogP contribution >= 0.6 is 0 Å². The van der Waals surface area contributed by atoms with Crippen LogP contribution in [-0.4, -0.2) is 36.4 Å². The number of carbonyl (C=O) groups is 2. The Morgan fingerprint density at radius 2 is 1.42 bits per heavy atom. The lowest BCUT2D eigenvalue weighted by molar-refractivity contribution is -0.146. The van der Waals surface area contributed by atoms with Crippen LogP contribution in [0, 0.1) is 0 Å². The minimum Gasteiger partial charge on any atom is -0.508 e. The second-order valence-electron chi connectivity index (χ2n) is 6.02. The second kappa shape index (κ2) is 9.46. The van der Waals surface area contributed by atoms with Crippen LogP contribution in [0.2, 0.25) is 0 Å². The number of hydrogen-bond acceptors (Lipinski definition) is 6. The molecule has 2 rings (SSSR count). The standard InChI is InChI=1S/C11H14O3.C9H10O3/c1-11(2,10(13)14-3)8-6-4-5-7-9(8)12;1-12-9(11)6-7-4-2-3-5-8(7)10/h4-7,12H,1-3H3;2-5,10H,6H2,1H3. The molecule has 0 spiro atoms. The lowest BCUT2D eigenvalue weighted by Gasteiger charge is -2.22. The van der Waals surface area contributed by atoms with Gasteiger partial charge in [-0.05, 0) is 26.0 Å². The first-order valence-electron chi connectivity index (χ1n) is 7.94. The summed E-state index contributed by atoms with van der Waals surface area (Å²) in [5.74, 6) is -0.471. The third-order valence-electron chi connectivity index (χ3n) is 3.83. The lowest BCUT2D eigenvalue weighted by Crippen LogP contribution is -2.30. The Kier molecular flexibility index (Phi) is 7.65. The molecule has 0 aliphatic rings. The van der Waals surface area contributed by atoms with E-state index in [1.807, 2.05) is 0 Å². The first-order chi connectivity index (χ1) is 12.2. The predicted octanol–water partition coefficient (Wildman–Crippen LogP) is 2.95. The van der Waals surface area contributed by atoms with Crippen LogP contribution in [0.3, 0.4) is 0 Å².